The van der Waals surface area contributed by atoms with Crippen molar-refractivity contribution in [3.63, 3.8) is 0 Å². The Bertz CT molecular complexity index is 1290. The molecule has 12 heteroatoms. The Kier molecular flexibility index (Phi) is 7.30. The molecule has 1 aromatic carbocycles. The molecule has 0 radical (unpaired) electrons. The lowest BCUT2D eigenvalue weighted by molar-refractivity contribution is 0.0697. The van der Waals surface area contributed by atoms with Crippen molar-refractivity contribution in [1.29, 1.82) is 0 Å². The van der Waals surface area contributed by atoms with Crippen LogP contribution >= 0.6 is 0 Å². The van der Waals surface area contributed by atoms with Crippen molar-refractivity contribution in [3.05, 3.63) is 53.0 Å². The van der Waals surface area contributed by atoms with E-state index in [1.54, 1.807) is 11.9 Å². The quantitative estimate of drug-likeness (QED) is 0.435. The summed E-state index contributed by atoms with van der Waals surface area (Å²) >= 11 is 0. The first kappa shape index (κ1) is 24.8. The first-order chi connectivity index (χ1) is 16.1. The number of benzene rings is 1. The molecule has 0 saturated carbocycles. The number of aryl methyl sites for hydroxylation is 2. The third-order valence-corrected chi connectivity index (χ3v) is 6.63. The van der Waals surface area contributed by atoms with E-state index < -0.39 is 16.0 Å². The number of carboxylic acids is 1. The second-order valence-corrected chi connectivity index (χ2v) is 9.18. The van der Waals surface area contributed by atoms with Gasteiger partial charge in [0.2, 0.25) is 0 Å². The topological polar surface area (TPSA) is 144 Å². The molecule has 2 heterocycles. The molecule has 2 N–H and O–H groups in total. The van der Waals surface area contributed by atoms with E-state index in [0.29, 0.717) is 24.5 Å². The van der Waals surface area contributed by atoms with Crippen LogP contribution in [-0.4, -0.2) is 57.4 Å². The summed E-state index contributed by atoms with van der Waals surface area (Å²) in [5.41, 5.74) is 1.59. The zero-order chi connectivity index (χ0) is 25.0. The van der Waals surface area contributed by atoms with Crippen LogP contribution in [0.3, 0.4) is 0 Å². The number of aromatic carboxylic acids is 1. The fourth-order valence-corrected chi connectivity index (χ4v) is 4.47. The molecule has 34 heavy (non-hydrogen) atoms. The highest BCUT2D eigenvalue weighted by atomic mass is 32.2. The van der Waals surface area contributed by atoms with Gasteiger partial charge in [0.05, 0.1) is 36.7 Å². The lowest BCUT2D eigenvalue weighted by Gasteiger charge is -2.20. The van der Waals surface area contributed by atoms with E-state index >= 15 is 0 Å². The molecule has 0 unspecified atom stereocenters. The first-order valence-electron chi connectivity index (χ1n) is 10.2. The van der Waals surface area contributed by atoms with E-state index in [1.807, 2.05) is 13.8 Å². The summed E-state index contributed by atoms with van der Waals surface area (Å²) in [5, 5.41) is 13.6. The van der Waals surface area contributed by atoms with Gasteiger partial charge < -0.3 is 24.0 Å². The van der Waals surface area contributed by atoms with Gasteiger partial charge in [0.25, 0.3) is 10.0 Å². The van der Waals surface area contributed by atoms with Crippen molar-refractivity contribution in [1.82, 2.24) is 10.1 Å². The molecule has 0 fully saturated rings. The lowest BCUT2D eigenvalue weighted by Crippen LogP contribution is -2.24. The van der Waals surface area contributed by atoms with Gasteiger partial charge in [-0.15, -0.1) is 0 Å². The number of likely N-dealkylation sites (N-methyl/N-ethyl adjacent to an activating group) is 1. The predicted octanol–water partition coefficient (Wildman–Crippen LogP) is 2.88. The smallest absolute Gasteiger partial charge is 0.339 e. The van der Waals surface area contributed by atoms with Crippen LogP contribution in [0.25, 0.3) is 0 Å². The molecular formula is C22H26N4O7S. The summed E-state index contributed by atoms with van der Waals surface area (Å²) in [5.74, 6) is 0.287. The second-order valence-electron chi connectivity index (χ2n) is 7.50. The van der Waals surface area contributed by atoms with Gasteiger partial charge in [0, 0.05) is 25.2 Å². The third-order valence-electron chi connectivity index (χ3n) is 5.25. The number of anilines is 2. The van der Waals surface area contributed by atoms with Crippen LogP contribution < -0.4 is 19.1 Å². The van der Waals surface area contributed by atoms with E-state index in [-0.39, 0.29) is 27.7 Å². The Balaban J connectivity index is 1.84. The van der Waals surface area contributed by atoms with Crippen LogP contribution in [-0.2, 0) is 16.4 Å². The first-order valence-corrected chi connectivity index (χ1v) is 11.7. The third kappa shape index (κ3) is 5.22. The second kappa shape index (κ2) is 10.00. The number of hydrogen-bond donors (Lipinski definition) is 2. The Morgan fingerprint density at radius 3 is 2.47 bits per heavy atom. The summed E-state index contributed by atoms with van der Waals surface area (Å²) in [6, 6.07) is 5.36. The van der Waals surface area contributed by atoms with Crippen LogP contribution in [0.2, 0.25) is 0 Å². The summed E-state index contributed by atoms with van der Waals surface area (Å²) in [6.07, 6.45) is 1.85. The number of nitrogens with one attached hydrogen (secondary N) is 1. The van der Waals surface area contributed by atoms with Gasteiger partial charge in [-0.3, -0.25) is 4.72 Å². The van der Waals surface area contributed by atoms with E-state index in [4.69, 9.17) is 14.0 Å². The van der Waals surface area contributed by atoms with E-state index in [9.17, 15) is 18.3 Å². The molecule has 0 bridgehead atoms. The summed E-state index contributed by atoms with van der Waals surface area (Å²) < 4.78 is 43.5. The molecule has 0 aliphatic heterocycles. The molecule has 2 aromatic heterocycles. The molecule has 0 atom stereocenters. The number of sulfonamides is 1. The maximum atomic E-state index is 12.9. The number of hydrogen-bond acceptors (Lipinski definition) is 9. The predicted molar refractivity (Wildman–Crippen MR) is 125 cm³/mol. The van der Waals surface area contributed by atoms with Gasteiger partial charge in [0.15, 0.2) is 11.5 Å². The van der Waals surface area contributed by atoms with Crippen molar-refractivity contribution >= 4 is 27.5 Å². The Labute approximate surface area is 197 Å². The molecule has 11 nitrogen and oxygen atoms in total. The number of ether oxygens (including phenoxy) is 2. The van der Waals surface area contributed by atoms with Crippen molar-refractivity contribution in [2.75, 3.05) is 37.4 Å². The lowest BCUT2D eigenvalue weighted by atomic mass is 10.1. The van der Waals surface area contributed by atoms with Gasteiger partial charge in [-0.05, 0) is 38.5 Å². The molecule has 3 aromatic rings. The van der Waals surface area contributed by atoms with Crippen molar-refractivity contribution in [3.8, 4) is 11.5 Å². The zero-order valence-corrected chi connectivity index (χ0v) is 20.3. The van der Waals surface area contributed by atoms with Crippen molar-refractivity contribution in [2.24, 2.45) is 0 Å². The summed E-state index contributed by atoms with van der Waals surface area (Å²) in [6.45, 7) is 4.11. The largest absolute Gasteiger partial charge is 0.493 e. The number of aromatic nitrogens is 2. The normalized spacial score (nSPS) is 11.2. The molecular weight excluding hydrogens is 464 g/mol. The highest BCUT2D eigenvalue weighted by Crippen LogP contribution is 2.30. The molecule has 0 saturated heterocycles. The number of nitrogens with zero attached hydrogens (tertiary/aromatic N) is 3. The fourth-order valence-electron chi connectivity index (χ4n) is 3.42. The van der Waals surface area contributed by atoms with Crippen LogP contribution in [0, 0.1) is 13.8 Å². The van der Waals surface area contributed by atoms with Crippen molar-refractivity contribution < 1.29 is 32.3 Å². The highest BCUT2D eigenvalue weighted by molar-refractivity contribution is 7.92. The molecule has 0 amide bonds. The molecule has 3 rings (SSSR count). The minimum atomic E-state index is -4.05. The van der Waals surface area contributed by atoms with Gasteiger partial charge >= 0.3 is 5.97 Å². The Morgan fingerprint density at radius 1 is 1.18 bits per heavy atom. The molecule has 182 valence electrons. The average Bonchev–Trinajstić information content (AvgIpc) is 3.13. The van der Waals surface area contributed by atoms with Crippen LogP contribution in [0.5, 0.6) is 11.5 Å². The number of rotatable bonds is 10. The van der Waals surface area contributed by atoms with Crippen LogP contribution in [0.1, 0.15) is 27.4 Å². The monoisotopic (exact) mass is 490 g/mol. The van der Waals surface area contributed by atoms with Gasteiger partial charge in [-0.1, -0.05) is 5.16 Å². The van der Waals surface area contributed by atoms with Crippen molar-refractivity contribution in [2.45, 2.75) is 25.2 Å². The molecule has 0 spiro atoms. The standard InChI is InChI=1S/C22H26N4O7S/c1-13-17(14(2)33-24-13)8-9-26(3)21-18(22(27)28)10-15(12-23-21)25-34(29,30)16-6-7-19(31-4)20(11-16)32-5/h6-7,10-12,25H,8-9H2,1-5H3,(H,27,28). The zero-order valence-electron chi connectivity index (χ0n) is 19.4. The highest BCUT2D eigenvalue weighted by Gasteiger charge is 2.21. The van der Waals surface area contributed by atoms with E-state index in [2.05, 4.69) is 14.9 Å². The van der Waals surface area contributed by atoms with Gasteiger partial charge in [0.1, 0.15) is 17.1 Å². The Morgan fingerprint density at radius 2 is 1.88 bits per heavy atom. The number of carbonyl (C=O) groups is 1. The minimum absolute atomic E-state index is 0.00931. The number of pyridine rings is 1. The van der Waals surface area contributed by atoms with E-state index in [0.717, 1.165) is 11.3 Å². The minimum Gasteiger partial charge on any atom is -0.493 e. The maximum Gasteiger partial charge on any atom is 0.339 e. The maximum absolute atomic E-state index is 12.9. The van der Waals surface area contributed by atoms with Gasteiger partial charge in [-0.25, -0.2) is 18.2 Å². The SMILES string of the molecule is COc1ccc(S(=O)(=O)Nc2cnc(N(C)CCc3c(C)noc3C)c(C(=O)O)c2)cc1OC. The number of methoxy groups -OCH3 is 2. The van der Waals surface area contributed by atoms with E-state index in [1.165, 1.54) is 44.7 Å². The summed E-state index contributed by atoms with van der Waals surface area (Å²) in [4.78, 5) is 17.7. The summed E-state index contributed by atoms with van der Waals surface area (Å²) in [7, 11) is 0.499. The fraction of sp³-hybridized carbons (Fsp3) is 0.318. The molecule has 0 aliphatic carbocycles. The number of carboxylic acid groups (broad SMARTS) is 1. The Hall–Kier alpha value is -3.80. The average molecular weight is 491 g/mol. The van der Waals surface area contributed by atoms with Gasteiger partial charge in [-0.2, -0.15) is 0 Å². The van der Waals surface area contributed by atoms with Crippen LogP contribution in [0.4, 0.5) is 11.5 Å². The van der Waals surface area contributed by atoms with Crippen LogP contribution in [0.15, 0.2) is 39.9 Å². The molecule has 0 aliphatic rings.